The summed E-state index contributed by atoms with van der Waals surface area (Å²) in [5.41, 5.74) is 0.964. The van der Waals surface area contributed by atoms with Crippen LogP contribution < -0.4 is 5.32 Å². The van der Waals surface area contributed by atoms with Gasteiger partial charge in [-0.25, -0.2) is 0 Å². The van der Waals surface area contributed by atoms with Gasteiger partial charge in [0.15, 0.2) is 0 Å². The standard InChI is InChI=1S/C14H15BrClNO2/c1-7(2)13-10(6-12(18)17-14(13)19)9-4-3-8(16)5-11(9)15/h3-5,7,10,13H,6H2,1-2H3,(H,17,18,19). The molecule has 0 aliphatic carbocycles. The monoisotopic (exact) mass is 343 g/mol. The van der Waals surface area contributed by atoms with E-state index in [4.69, 9.17) is 11.6 Å². The number of amides is 2. The molecule has 1 aromatic carbocycles. The van der Waals surface area contributed by atoms with Crippen LogP contribution in [0.15, 0.2) is 22.7 Å². The van der Waals surface area contributed by atoms with Crippen molar-refractivity contribution < 1.29 is 9.59 Å². The molecule has 2 unspecified atom stereocenters. The zero-order valence-corrected chi connectivity index (χ0v) is 13.1. The Kier molecular flexibility index (Phi) is 4.31. The molecule has 19 heavy (non-hydrogen) atoms. The third kappa shape index (κ3) is 3.00. The Balaban J connectivity index is 2.43. The maximum atomic E-state index is 12.0. The minimum atomic E-state index is -0.214. The van der Waals surface area contributed by atoms with E-state index in [0.29, 0.717) is 11.4 Å². The van der Waals surface area contributed by atoms with E-state index in [1.54, 1.807) is 12.1 Å². The first-order valence-corrected chi connectivity index (χ1v) is 7.36. The van der Waals surface area contributed by atoms with Gasteiger partial charge in [-0.1, -0.05) is 47.4 Å². The number of piperidine rings is 1. The van der Waals surface area contributed by atoms with Gasteiger partial charge in [-0.05, 0) is 23.6 Å². The van der Waals surface area contributed by atoms with Crippen LogP contribution in [0.2, 0.25) is 5.02 Å². The summed E-state index contributed by atoms with van der Waals surface area (Å²) in [6.07, 6.45) is 0.328. The van der Waals surface area contributed by atoms with Gasteiger partial charge < -0.3 is 0 Å². The first-order chi connectivity index (χ1) is 8.90. The minimum Gasteiger partial charge on any atom is -0.296 e. The fraction of sp³-hybridized carbons (Fsp3) is 0.429. The van der Waals surface area contributed by atoms with Crippen molar-refractivity contribution in [1.29, 1.82) is 0 Å². The van der Waals surface area contributed by atoms with Crippen LogP contribution in [0.4, 0.5) is 0 Å². The summed E-state index contributed by atoms with van der Waals surface area (Å²) in [6.45, 7) is 3.99. The molecular weight excluding hydrogens is 330 g/mol. The van der Waals surface area contributed by atoms with Gasteiger partial charge in [0.05, 0.1) is 0 Å². The van der Waals surface area contributed by atoms with Crippen molar-refractivity contribution in [3.8, 4) is 0 Å². The summed E-state index contributed by atoms with van der Waals surface area (Å²) in [4.78, 5) is 23.7. The van der Waals surface area contributed by atoms with E-state index in [9.17, 15) is 9.59 Å². The summed E-state index contributed by atoms with van der Waals surface area (Å²) >= 11 is 9.41. The lowest BCUT2D eigenvalue weighted by Crippen LogP contribution is -2.46. The number of rotatable bonds is 2. The van der Waals surface area contributed by atoms with Crippen molar-refractivity contribution in [3.63, 3.8) is 0 Å². The van der Waals surface area contributed by atoms with Gasteiger partial charge in [-0.15, -0.1) is 0 Å². The average Bonchev–Trinajstić information content (AvgIpc) is 2.26. The van der Waals surface area contributed by atoms with E-state index in [-0.39, 0.29) is 29.6 Å². The zero-order valence-electron chi connectivity index (χ0n) is 10.7. The van der Waals surface area contributed by atoms with Crippen molar-refractivity contribution in [1.82, 2.24) is 5.32 Å². The second-order valence-electron chi connectivity index (χ2n) is 5.16. The molecule has 0 spiro atoms. The van der Waals surface area contributed by atoms with Crippen LogP contribution in [-0.4, -0.2) is 11.8 Å². The maximum Gasteiger partial charge on any atom is 0.230 e. The van der Waals surface area contributed by atoms with E-state index in [2.05, 4.69) is 21.2 Å². The molecule has 1 heterocycles. The Labute approximate surface area is 125 Å². The molecule has 2 amide bonds. The van der Waals surface area contributed by atoms with Crippen molar-refractivity contribution in [2.45, 2.75) is 26.2 Å². The van der Waals surface area contributed by atoms with E-state index in [0.717, 1.165) is 10.0 Å². The van der Waals surface area contributed by atoms with Crippen LogP contribution in [-0.2, 0) is 9.59 Å². The molecule has 1 fully saturated rings. The first kappa shape index (κ1) is 14.5. The predicted molar refractivity (Wildman–Crippen MR) is 78.0 cm³/mol. The lowest BCUT2D eigenvalue weighted by molar-refractivity contribution is -0.138. The highest BCUT2D eigenvalue weighted by Crippen LogP contribution is 2.39. The van der Waals surface area contributed by atoms with Gasteiger partial charge >= 0.3 is 0 Å². The highest BCUT2D eigenvalue weighted by atomic mass is 79.9. The van der Waals surface area contributed by atoms with E-state index in [1.807, 2.05) is 19.9 Å². The Morgan fingerprint density at radius 3 is 2.63 bits per heavy atom. The SMILES string of the molecule is CC(C)C1C(=O)NC(=O)CC1c1ccc(Cl)cc1Br. The van der Waals surface area contributed by atoms with Gasteiger partial charge in [0.25, 0.3) is 0 Å². The Morgan fingerprint density at radius 2 is 2.05 bits per heavy atom. The van der Waals surface area contributed by atoms with Gasteiger partial charge in [0.2, 0.25) is 11.8 Å². The molecule has 0 saturated carbocycles. The largest absolute Gasteiger partial charge is 0.296 e. The van der Waals surface area contributed by atoms with Crippen molar-refractivity contribution in [2.75, 3.05) is 0 Å². The molecule has 0 radical (unpaired) electrons. The highest BCUT2D eigenvalue weighted by Gasteiger charge is 2.39. The number of hydrogen-bond acceptors (Lipinski definition) is 2. The molecule has 2 atom stereocenters. The van der Waals surface area contributed by atoms with Gasteiger partial charge in [-0.2, -0.15) is 0 Å². The Morgan fingerprint density at radius 1 is 1.37 bits per heavy atom. The summed E-state index contributed by atoms with van der Waals surface area (Å²) in [6, 6.07) is 5.47. The summed E-state index contributed by atoms with van der Waals surface area (Å²) < 4.78 is 0.846. The number of imide groups is 1. The molecule has 1 aromatic rings. The first-order valence-electron chi connectivity index (χ1n) is 6.18. The Bertz CT molecular complexity index is 530. The van der Waals surface area contributed by atoms with Crippen LogP contribution in [0.25, 0.3) is 0 Å². The summed E-state index contributed by atoms with van der Waals surface area (Å²) in [7, 11) is 0. The molecule has 1 aliphatic rings. The van der Waals surface area contributed by atoms with Crippen LogP contribution in [0.1, 0.15) is 31.7 Å². The van der Waals surface area contributed by atoms with E-state index < -0.39 is 0 Å². The van der Waals surface area contributed by atoms with Crippen LogP contribution in [0, 0.1) is 11.8 Å². The van der Waals surface area contributed by atoms with E-state index in [1.165, 1.54) is 0 Å². The topological polar surface area (TPSA) is 46.2 Å². The lowest BCUT2D eigenvalue weighted by Gasteiger charge is -2.33. The number of nitrogens with one attached hydrogen (secondary N) is 1. The molecule has 0 bridgehead atoms. The lowest BCUT2D eigenvalue weighted by atomic mass is 9.75. The van der Waals surface area contributed by atoms with Gasteiger partial charge in [0.1, 0.15) is 0 Å². The molecule has 5 heteroatoms. The molecule has 2 rings (SSSR count). The van der Waals surface area contributed by atoms with E-state index >= 15 is 0 Å². The summed E-state index contributed by atoms with van der Waals surface area (Å²) in [5, 5.41) is 3.05. The molecule has 1 saturated heterocycles. The third-order valence-corrected chi connectivity index (χ3v) is 4.41. The number of benzene rings is 1. The molecule has 102 valence electrons. The maximum absolute atomic E-state index is 12.0. The average molecular weight is 345 g/mol. The van der Waals surface area contributed by atoms with Crippen molar-refractivity contribution in [2.24, 2.45) is 11.8 Å². The fourth-order valence-electron chi connectivity index (χ4n) is 2.65. The number of hydrogen-bond donors (Lipinski definition) is 1. The quantitative estimate of drug-likeness (QED) is 0.835. The second kappa shape index (κ2) is 5.63. The molecule has 1 N–H and O–H groups in total. The third-order valence-electron chi connectivity index (χ3n) is 3.48. The normalized spacial score (nSPS) is 23.6. The molecule has 0 aromatic heterocycles. The van der Waals surface area contributed by atoms with Gasteiger partial charge in [0, 0.05) is 27.8 Å². The predicted octanol–water partition coefficient (Wildman–Crippen LogP) is 3.50. The second-order valence-corrected chi connectivity index (χ2v) is 6.45. The number of carbonyl (C=O) groups is 2. The zero-order chi connectivity index (χ0) is 14.2. The molecular formula is C14H15BrClNO2. The number of halogens is 2. The minimum absolute atomic E-state index is 0.104. The van der Waals surface area contributed by atoms with Crippen LogP contribution in [0.5, 0.6) is 0 Å². The highest BCUT2D eigenvalue weighted by molar-refractivity contribution is 9.10. The smallest absolute Gasteiger partial charge is 0.230 e. The van der Waals surface area contributed by atoms with Gasteiger partial charge in [-0.3, -0.25) is 14.9 Å². The molecule has 1 aliphatic heterocycles. The summed E-state index contributed by atoms with van der Waals surface area (Å²) in [5.74, 6) is -0.532. The van der Waals surface area contributed by atoms with Crippen LogP contribution >= 0.6 is 27.5 Å². The van der Waals surface area contributed by atoms with Crippen LogP contribution in [0.3, 0.4) is 0 Å². The fourth-order valence-corrected chi connectivity index (χ4v) is 3.63. The Hall–Kier alpha value is -0.870. The molecule has 3 nitrogen and oxygen atoms in total. The number of carbonyl (C=O) groups excluding carboxylic acids is 2. The van der Waals surface area contributed by atoms with Crippen molar-refractivity contribution >= 4 is 39.3 Å². The van der Waals surface area contributed by atoms with Crippen molar-refractivity contribution in [3.05, 3.63) is 33.3 Å².